The van der Waals surface area contributed by atoms with Crippen LogP contribution >= 0.6 is 0 Å². The number of hydrogen-bond donors (Lipinski definition) is 3. The summed E-state index contributed by atoms with van der Waals surface area (Å²) in [5.41, 5.74) is 6.65. The maximum Gasteiger partial charge on any atom is 0.519 e. The number of hydrogen-bond acceptors (Lipinski definition) is 11. The summed E-state index contributed by atoms with van der Waals surface area (Å²) in [6, 6.07) is 15.9. The number of pyridine rings is 1. The molecule has 0 saturated heterocycles. The van der Waals surface area contributed by atoms with Gasteiger partial charge in [-0.1, -0.05) is 55.8 Å². The Morgan fingerprint density at radius 1 is 1.04 bits per heavy atom. The predicted molar refractivity (Wildman–Crippen MR) is 188 cm³/mol. The van der Waals surface area contributed by atoms with E-state index in [1.807, 2.05) is 42.6 Å². The second-order valence-electron chi connectivity index (χ2n) is 12.4. The van der Waals surface area contributed by atoms with Gasteiger partial charge < -0.3 is 24.8 Å². The highest BCUT2D eigenvalue weighted by molar-refractivity contribution is 5.97. The molecule has 3 N–H and O–H groups in total. The summed E-state index contributed by atoms with van der Waals surface area (Å²) in [5.74, 6) is 1.75. The normalized spacial score (nSPS) is 13.6. The monoisotopic (exact) mass is 659 g/mol. The molecule has 250 valence electrons. The lowest BCUT2D eigenvalue weighted by atomic mass is 9.99. The lowest BCUT2D eigenvalue weighted by molar-refractivity contribution is -0.105. The van der Waals surface area contributed by atoms with Crippen molar-refractivity contribution in [3.63, 3.8) is 0 Å². The second kappa shape index (κ2) is 13.7. The largest absolute Gasteiger partial charge is 0.519 e. The Morgan fingerprint density at radius 2 is 1.92 bits per heavy atom. The predicted octanol–water partition coefficient (Wildman–Crippen LogP) is 5.74. The van der Waals surface area contributed by atoms with Crippen molar-refractivity contribution in [3.05, 3.63) is 106 Å². The van der Waals surface area contributed by atoms with Crippen LogP contribution in [0.4, 0.5) is 17.6 Å². The fourth-order valence-electron chi connectivity index (χ4n) is 6.10. The summed E-state index contributed by atoms with van der Waals surface area (Å²) >= 11 is 0. The molecule has 0 atom stereocenters. The number of carbonyl (C=O) groups excluding carboxylic acids is 1. The summed E-state index contributed by atoms with van der Waals surface area (Å²) < 4.78 is 11.9. The average Bonchev–Trinajstić information content (AvgIpc) is 3.68. The molecule has 1 aliphatic rings. The van der Waals surface area contributed by atoms with E-state index in [0.717, 1.165) is 64.0 Å². The van der Waals surface area contributed by atoms with Gasteiger partial charge in [0, 0.05) is 54.6 Å². The van der Waals surface area contributed by atoms with Crippen LogP contribution in [0.15, 0.2) is 86.2 Å². The van der Waals surface area contributed by atoms with Gasteiger partial charge in [0.2, 0.25) is 18.3 Å². The Balaban J connectivity index is 1.11. The van der Waals surface area contributed by atoms with Crippen LogP contribution < -0.4 is 21.8 Å². The van der Waals surface area contributed by atoms with Crippen molar-refractivity contribution >= 4 is 40.4 Å². The summed E-state index contributed by atoms with van der Waals surface area (Å²) in [7, 11) is 0. The highest BCUT2D eigenvalue weighted by atomic mass is 16.6. The molecule has 1 amide bonds. The summed E-state index contributed by atoms with van der Waals surface area (Å²) in [5, 5.41) is 16.3. The quantitative estimate of drug-likeness (QED) is 0.109. The first-order valence-electron chi connectivity index (χ1n) is 16.3. The van der Waals surface area contributed by atoms with E-state index < -0.39 is 5.82 Å². The number of aromatic nitrogens is 5. The Hall–Kier alpha value is -5.82. The molecule has 13 heteroatoms. The van der Waals surface area contributed by atoms with Crippen LogP contribution in [0.2, 0.25) is 0 Å². The zero-order valence-electron chi connectivity index (χ0n) is 27.6. The Labute approximate surface area is 282 Å². The molecule has 2 aromatic carbocycles. The highest BCUT2D eigenvalue weighted by Gasteiger charge is 2.19. The van der Waals surface area contributed by atoms with Crippen LogP contribution in [0.5, 0.6) is 0 Å². The molecule has 0 fully saturated rings. The van der Waals surface area contributed by atoms with Crippen molar-refractivity contribution < 1.29 is 13.6 Å². The van der Waals surface area contributed by atoms with E-state index in [-0.39, 0.29) is 5.92 Å². The van der Waals surface area contributed by atoms with Crippen LogP contribution in [0, 0.1) is 6.92 Å². The molecular formula is C36H37N9O4. The van der Waals surface area contributed by atoms with E-state index in [1.54, 1.807) is 17.6 Å². The topological polar surface area (TPSA) is 156 Å². The van der Waals surface area contributed by atoms with Crippen LogP contribution in [-0.4, -0.2) is 55.5 Å². The zero-order chi connectivity index (χ0) is 33.9. The standard InChI is InChI=1S/C36H37N9O4/c1-22(2)30-19-41-45-33(30)42-34(38-17-24-11-14-44(15-12-24)20-31-23(3)48-36(47)49-31)43-35(45)39-18-26-6-4-5-7-28(26)32-29-9-8-27(40-21-46)16-25(29)10-13-37-32/h4-11,13,16,19,21-22H,12,14-15,17-18,20H2,1-3H3,(H,40,46)(H2,38,39,42,43). The first-order valence-corrected chi connectivity index (χ1v) is 16.3. The number of benzene rings is 2. The maximum atomic E-state index is 11.4. The molecule has 0 unspecified atom stereocenters. The number of carbonyl (C=O) groups is 1. The summed E-state index contributed by atoms with van der Waals surface area (Å²) in [4.78, 5) is 39.1. The van der Waals surface area contributed by atoms with Gasteiger partial charge in [0.15, 0.2) is 11.4 Å². The number of nitrogens with one attached hydrogen (secondary N) is 3. The number of fused-ring (bicyclic) bond motifs is 2. The number of amides is 1. The van der Waals surface area contributed by atoms with Gasteiger partial charge >= 0.3 is 5.82 Å². The van der Waals surface area contributed by atoms with Gasteiger partial charge in [-0.3, -0.25) is 14.7 Å². The first kappa shape index (κ1) is 31.8. The van der Waals surface area contributed by atoms with Gasteiger partial charge in [-0.15, -0.1) is 0 Å². The van der Waals surface area contributed by atoms with Crippen LogP contribution in [0.3, 0.4) is 0 Å². The molecule has 7 rings (SSSR count). The molecule has 0 saturated carbocycles. The molecule has 0 bridgehead atoms. The zero-order valence-corrected chi connectivity index (χ0v) is 27.6. The van der Waals surface area contributed by atoms with Crippen molar-refractivity contribution in [2.75, 3.05) is 35.6 Å². The summed E-state index contributed by atoms with van der Waals surface area (Å²) in [6.45, 7) is 9.16. The van der Waals surface area contributed by atoms with E-state index in [0.29, 0.717) is 49.5 Å². The molecule has 0 spiro atoms. The van der Waals surface area contributed by atoms with Crippen molar-refractivity contribution in [1.82, 2.24) is 29.5 Å². The van der Waals surface area contributed by atoms with E-state index in [1.165, 1.54) is 5.57 Å². The Morgan fingerprint density at radius 3 is 2.69 bits per heavy atom. The van der Waals surface area contributed by atoms with Gasteiger partial charge in [-0.25, -0.2) is 4.79 Å². The lowest BCUT2D eigenvalue weighted by Gasteiger charge is -2.25. The molecule has 6 aromatic rings. The van der Waals surface area contributed by atoms with Crippen molar-refractivity contribution in [3.8, 4) is 11.3 Å². The Bertz CT molecular complexity index is 2230. The number of nitrogens with zero attached hydrogens (tertiary/aromatic N) is 6. The maximum absolute atomic E-state index is 11.4. The number of aryl methyl sites for hydroxylation is 1. The van der Waals surface area contributed by atoms with E-state index in [2.05, 4.69) is 58.0 Å². The lowest BCUT2D eigenvalue weighted by Crippen LogP contribution is -2.29. The minimum Gasteiger partial charge on any atom is -0.396 e. The van der Waals surface area contributed by atoms with Crippen molar-refractivity contribution in [2.24, 2.45) is 0 Å². The van der Waals surface area contributed by atoms with Gasteiger partial charge in [-0.2, -0.15) is 19.6 Å². The van der Waals surface area contributed by atoms with E-state index in [4.69, 9.17) is 23.8 Å². The first-order chi connectivity index (χ1) is 23.9. The van der Waals surface area contributed by atoms with E-state index >= 15 is 0 Å². The van der Waals surface area contributed by atoms with Gasteiger partial charge in [0.25, 0.3) is 0 Å². The Kier molecular flexibility index (Phi) is 8.90. The van der Waals surface area contributed by atoms with Gasteiger partial charge in [0.1, 0.15) is 5.76 Å². The van der Waals surface area contributed by atoms with Gasteiger partial charge in [-0.05, 0) is 48.4 Å². The molecule has 5 heterocycles. The third kappa shape index (κ3) is 6.79. The fourth-order valence-corrected chi connectivity index (χ4v) is 6.10. The molecular weight excluding hydrogens is 622 g/mol. The van der Waals surface area contributed by atoms with E-state index in [9.17, 15) is 9.59 Å². The van der Waals surface area contributed by atoms with Crippen LogP contribution in [0.25, 0.3) is 27.7 Å². The molecule has 1 aliphatic heterocycles. The fraction of sp³-hybridized carbons (Fsp3) is 0.278. The molecule has 13 nitrogen and oxygen atoms in total. The van der Waals surface area contributed by atoms with Gasteiger partial charge in [0.05, 0.1) is 18.4 Å². The SMILES string of the molecule is Cc1oc(=O)oc1CN1CC=C(CNc2nc(NCc3ccccc3-c3nccc4cc(NC=O)ccc34)n3ncc(C(C)C)c3n2)CC1. The second-order valence-corrected chi connectivity index (χ2v) is 12.4. The molecule has 4 aromatic heterocycles. The van der Waals surface area contributed by atoms with Crippen molar-refractivity contribution in [1.29, 1.82) is 0 Å². The smallest absolute Gasteiger partial charge is 0.396 e. The number of rotatable bonds is 12. The minimum absolute atomic E-state index is 0.226. The summed E-state index contributed by atoms with van der Waals surface area (Å²) in [6.07, 6.45) is 7.37. The molecule has 0 aliphatic carbocycles. The number of anilines is 3. The molecule has 49 heavy (non-hydrogen) atoms. The third-order valence-corrected chi connectivity index (χ3v) is 8.78. The van der Waals surface area contributed by atoms with Crippen molar-refractivity contribution in [2.45, 2.75) is 46.2 Å². The average molecular weight is 660 g/mol. The van der Waals surface area contributed by atoms with Crippen LogP contribution in [0.1, 0.15) is 48.8 Å². The third-order valence-electron chi connectivity index (χ3n) is 8.78. The van der Waals surface area contributed by atoms with Crippen LogP contribution in [-0.2, 0) is 17.9 Å². The highest BCUT2D eigenvalue weighted by Crippen LogP contribution is 2.31. The molecule has 0 radical (unpaired) electrons. The minimum atomic E-state index is -0.662.